The first-order valence-electron chi connectivity index (χ1n) is 10.1. The number of hydrogen-bond donors (Lipinski definition) is 0. The van der Waals surface area contributed by atoms with Crippen LogP contribution in [0.4, 0.5) is 0 Å². The molecule has 4 rings (SSSR count). The molecule has 5 nitrogen and oxygen atoms in total. The normalized spacial score (nSPS) is 11.2. The minimum Gasteiger partial charge on any atom is -0.487 e. The van der Waals surface area contributed by atoms with Crippen LogP contribution in [-0.2, 0) is 19.6 Å². The molecule has 0 N–H and O–H groups in total. The average Bonchev–Trinajstić information content (AvgIpc) is 3.41. The first-order valence-corrected chi connectivity index (χ1v) is 10.1. The molecule has 0 aliphatic heterocycles. The van der Waals surface area contributed by atoms with Crippen LogP contribution in [0.3, 0.4) is 0 Å². The molecular weight excluding hydrogens is 374 g/mol. The third kappa shape index (κ3) is 5.47. The van der Waals surface area contributed by atoms with Crippen molar-refractivity contribution in [1.82, 2.24) is 14.5 Å². The third-order valence-corrected chi connectivity index (χ3v) is 4.89. The zero-order chi connectivity index (χ0) is 20.6. The highest BCUT2D eigenvalue weighted by Gasteiger charge is 2.03. The van der Waals surface area contributed by atoms with Crippen molar-refractivity contribution in [3.05, 3.63) is 102 Å². The molecule has 0 aliphatic carbocycles. The first kappa shape index (κ1) is 19.7. The topological polar surface area (TPSA) is 53.1 Å². The maximum absolute atomic E-state index is 5.84. The maximum Gasteiger partial charge on any atom is 0.218 e. The van der Waals surface area contributed by atoms with Crippen LogP contribution in [0.15, 0.2) is 77.7 Å². The van der Waals surface area contributed by atoms with E-state index in [2.05, 4.69) is 26.7 Å². The SMILES string of the molecule is Cc1nccn1CCCc1ccc(OCc2coc(/C=C/c3ccccc3)n2)cc1. The molecule has 2 aromatic carbocycles. The summed E-state index contributed by atoms with van der Waals surface area (Å²) < 4.78 is 13.5. The van der Waals surface area contributed by atoms with Crippen molar-refractivity contribution in [2.24, 2.45) is 0 Å². The molecular formula is C25H25N3O2. The van der Waals surface area contributed by atoms with Gasteiger partial charge < -0.3 is 13.7 Å². The van der Waals surface area contributed by atoms with Gasteiger partial charge in [-0.1, -0.05) is 42.5 Å². The first-order chi connectivity index (χ1) is 14.8. The molecule has 0 atom stereocenters. The largest absolute Gasteiger partial charge is 0.487 e. The Morgan fingerprint density at radius 1 is 1.03 bits per heavy atom. The summed E-state index contributed by atoms with van der Waals surface area (Å²) >= 11 is 0. The van der Waals surface area contributed by atoms with E-state index in [4.69, 9.17) is 9.15 Å². The van der Waals surface area contributed by atoms with Crippen LogP contribution in [0.25, 0.3) is 12.2 Å². The van der Waals surface area contributed by atoms with Crippen molar-refractivity contribution in [2.75, 3.05) is 0 Å². The molecule has 2 heterocycles. The second kappa shape index (κ2) is 9.74. The van der Waals surface area contributed by atoms with Crippen molar-refractivity contribution in [3.8, 4) is 5.75 Å². The lowest BCUT2D eigenvalue weighted by Crippen LogP contribution is -2.00. The molecule has 152 valence electrons. The summed E-state index contributed by atoms with van der Waals surface area (Å²) in [5, 5.41) is 0. The minimum atomic E-state index is 0.377. The second-order valence-corrected chi connectivity index (χ2v) is 7.13. The summed E-state index contributed by atoms with van der Waals surface area (Å²) in [5.41, 5.74) is 3.17. The van der Waals surface area contributed by atoms with E-state index in [0.29, 0.717) is 12.5 Å². The van der Waals surface area contributed by atoms with Gasteiger partial charge in [-0.05, 0) is 49.1 Å². The third-order valence-electron chi connectivity index (χ3n) is 4.89. The summed E-state index contributed by atoms with van der Waals surface area (Å²) in [7, 11) is 0. The molecule has 0 radical (unpaired) electrons. The van der Waals surface area contributed by atoms with Crippen molar-refractivity contribution in [3.63, 3.8) is 0 Å². The number of nitrogens with zero attached hydrogens (tertiary/aromatic N) is 3. The molecule has 0 saturated heterocycles. The van der Waals surface area contributed by atoms with E-state index in [1.54, 1.807) is 6.26 Å². The van der Waals surface area contributed by atoms with Crippen LogP contribution in [0.1, 0.15) is 35.0 Å². The van der Waals surface area contributed by atoms with Crippen LogP contribution in [0, 0.1) is 6.92 Å². The molecule has 0 saturated carbocycles. The number of aryl methyl sites for hydroxylation is 3. The van der Waals surface area contributed by atoms with E-state index in [0.717, 1.165) is 42.2 Å². The van der Waals surface area contributed by atoms with Gasteiger partial charge in [-0.3, -0.25) is 0 Å². The quantitative estimate of drug-likeness (QED) is 0.370. The molecule has 5 heteroatoms. The van der Waals surface area contributed by atoms with Gasteiger partial charge in [-0.25, -0.2) is 9.97 Å². The molecule has 0 amide bonds. The fourth-order valence-electron chi connectivity index (χ4n) is 3.20. The van der Waals surface area contributed by atoms with E-state index in [1.807, 2.05) is 73.9 Å². The van der Waals surface area contributed by atoms with Gasteiger partial charge in [0, 0.05) is 25.0 Å². The predicted octanol–water partition coefficient (Wildman–Crippen LogP) is 5.56. The lowest BCUT2D eigenvalue weighted by Gasteiger charge is -2.07. The van der Waals surface area contributed by atoms with Gasteiger partial charge in [0.15, 0.2) is 0 Å². The molecule has 0 bridgehead atoms. The van der Waals surface area contributed by atoms with Crippen LogP contribution >= 0.6 is 0 Å². The lowest BCUT2D eigenvalue weighted by molar-refractivity contribution is 0.301. The van der Waals surface area contributed by atoms with Crippen LogP contribution in [-0.4, -0.2) is 14.5 Å². The number of imidazole rings is 1. The summed E-state index contributed by atoms with van der Waals surface area (Å²) in [6.45, 7) is 3.39. The van der Waals surface area contributed by atoms with Crippen molar-refractivity contribution in [1.29, 1.82) is 0 Å². The van der Waals surface area contributed by atoms with Crippen molar-refractivity contribution >= 4 is 12.2 Å². The van der Waals surface area contributed by atoms with Gasteiger partial charge in [-0.15, -0.1) is 0 Å². The fraction of sp³-hybridized carbons (Fsp3) is 0.200. The Kier molecular flexibility index (Phi) is 6.40. The molecule has 0 fully saturated rings. The molecule has 0 unspecified atom stereocenters. The Morgan fingerprint density at radius 3 is 2.63 bits per heavy atom. The number of oxazole rings is 1. The number of benzene rings is 2. The van der Waals surface area contributed by atoms with E-state index < -0.39 is 0 Å². The Labute approximate surface area is 176 Å². The number of aromatic nitrogens is 3. The number of hydrogen-bond acceptors (Lipinski definition) is 4. The monoisotopic (exact) mass is 399 g/mol. The van der Waals surface area contributed by atoms with Gasteiger partial charge >= 0.3 is 0 Å². The van der Waals surface area contributed by atoms with E-state index in [-0.39, 0.29) is 0 Å². The van der Waals surface area contributed by atoms with Crippen LogP contribution in [0.2, 0.25) is 0 Å². The Morgan fingerprint density at radius 2 is 1.87 bits per heavy atom. The summed E-state index contributed by atoms with van der Waals surface area (Å²) in [6.07, 6.45) is 11.4. The van der Waals surface area contributed by atoms with Crippen molar-refractivity contribution < 1.29 is 9.15 Å². The summed E-state index contributed by atoms with van der Waals surface area (Å²) in [4.78, 5) is 8.70. The molecule has 0 aliphatic rings. The highest BCUT2D eigenvalue weighted by Crippen LogP contribution is 2.16. The molecule has 2 aromatic heterocycles. The van der Waals surface area contributed by atoms with Gasteiger partial charge in [0.05, 0.1) is 0 Å². The van der Waals surface area contributed by atoms with Crippen LogP contribution in [0.5, 0.6) is 5.75 Å². The smallest absolute Gasteiger partial charge is 0.218 e. The fourth-order valence-corrected chi connectivity index (χ4v) is 3.20. The Hall–Kier alpha value is -3.60. The highest BCUT2D eigenvalue weighted by atomic mass is 16.5. The number of ether oxygens (including phenoxy) is 1. The van der Waals surface area contributed by atoms with E-state index in [1.165, 1.54) is 5.56 Å². The summed E-state index contributed by atoms with van der Waals surface area (Å²) in [5.74, 6) is 2.46. The van der Waals surface area contributed by atoms with Gasteiger partial charge in [0.2, 0.25) is 5.89 Å². The minimum absolute atomic E-state index is 0.377. The van der Waals surface area contributed by atoms with E-state index in [9.17, 15) is 0 Å². The molecule has 0 spiro atoms. The highest BCUT2D eigenvalue weighted by molar-refractivity contribution is 5.65. The van der Waals surface area contributed by atoms with Crippen LogP contribution < -0.4 is 4.74 Å². The zero-order valence-corrected chi connectivity index (χ0v) is 17.1. The average molecular weight is 399 g/mol. The number of rotatable bonds is 9. The zero-order valence-electron chi connectivity index (χ0n) is 17.1. The molecule has 30 heavy (non-hydrogen) atoms. The Balaban J connectivity index is 1.24. The Bertz CT molecular complexity index is 1080. The van der Waals surface area contributed by atoms with Gasteiger partial charge in [0.25, 0.3) is 0 Å². The standard InChI is InChI=1S/C25H25N3O2/c1-20-26-15-17-28(20)16-5-8-22-9-12-24(13-10-22)29-18-23-19-30-25(27-23)14-11-21-6-3-2-4-7-21/h2-4,6-7,9-15,17,19H,5,8,16,18H2,1H3/b14-11+. The van der Waals surface area contributed by atoms with E-state index >= 15 is 0 Å². The molecule has 4 aromatic rings. The lowest BCUT2D eigenvalue weighted by atomic mass is 10.1. The predicted molar refractivity (Wildman–Crippen MR) is 118 cm³/mol. The summed E-state index contributed by atoms with van der Waals surface area (Å²) in [6, 6.07) is 18.3. The maximum atomic E-state index is 5.84. The van der Waals surface area contributed by atoms with Crippen molar-refractivity contribution in [2.45, 2.75) is 32.9 Å². The second-order valence-electron chi connectivity index (χ2n) is 7.13. The van der Waals surface area contributed by atoms with Gasteiger partial charge in [-0.2, -0.15) is 0 Å². The van der Waals surface area contributed by atoms with Gasteiger partial charge in [0.1, 0.15) is 30.1 Å².